The van der Waals surface area contributed by atoms with Crippen LogP contribution in [0.15, 0.2) is 229 Å². The first-order valence-electron chi connectivity index (χ1n) is 24.3. The third-order valence-electron chi connectivity index (χ3n) is 16.1. The largest absolute Gasteiger partial charge is 0.456 e. The molecular weight excluding hydrogens is 835 g/mol. The smallest absolute Gasteiger partial charge is 0.136 e. The number of hydrogen-bond donors (Lipinski definition) is 0. The van der Waals surface area contributed by atoms with Gasteiger partial charge >= 0.3 is 0 Å². The molecule has 2 nitrogen and oxygen atoms in total. The number of hydrogen-bond acceptors (Lipinski definition) is 2. The molecule has 0 unspecified atom stereocenters. The van der Waals surface area contributed by atoms with Crippen LogP contribution < -0.4 is 4.90 Å². The van der Waals surface area contributed by atoms with Crippen molar-refractivity contribution in [1.29, 1.82) is 0 Å². The molecule has 3 aliphatic rings. The minimum absolute atomic E-state index is 0.167. The van der Waals surface area contributed by atoms with E-state index in [1.54, 1.807) is 0 Å². The lowest BCUT2D eigenvalue weighted by atomic mass is 9.67. The van der Waals surface area contributed by atoms with Crippen molar-refractivity contribution in [3.8, 4) is 44.5 Å². The first-order valence-corrected chi connectivity index (χ1v) is 24.3. The molecule has 10 aromatic carbocycles. The molecule has 0 saturated carbocycles. The fourth-order valence-electron chi connectivity index (χ4n) is 13.0. The summed E-state index contributed by atoms with van der Waals surface area (Å²) in [5.74, 6) is 0. The SMILES string of the molecule is CC1(C)c2ccccc2-c2ccc(N(c3ccc4c(c3)C(C)(C)c3cc5oc6ccccc6c5c(-c5ccccc5)c3-4)c3ccc4c(c3)C(c3ccccc3)(c3ccccc3)c3ccccc3-4)cc21. The van der Waals surface area contributed by atoms with Crippen LogP contribution in [-0.4, -0.2) is 0 Å². The lowest BCUT2D eigenvalue weighted by Crippen LogP contribution is -2.28. The van der Waals surface area contributed by atoms with Crippen molar-refractivity contribution in [2.45, 2.75) is 43.9 Å². The fraction of sp³-hybridized carbons (Fsp3) is 0.104. The molecule has 0 aliphatic heterocycles. The third kappa shape index (κ3) is 5.43. The summed E-state index contributed by atoms with van der Waals surface area (Å²) in [6, 6.07) is 83.7. The standard InChI is InChI=1S/C67H49NO/c1-65(2)54-29-17-14-26-48(54)50-35-32-45(38-56(50)65)68(47-33-36-51-49-27-15-18-30-55(49)67(58(51)40-47,43-22-10-6-11-23-43)44-24-12-7-13-25-44)46-34-37-52-57(39-46)66(3,4)59-41-61-64(53-28-16-19-31-60(53)69-61)62(63(52)59)42-20-8-5-9-21-42/h5-41H,1-4H3. The zero-order valence-electron chi connectivity index (χ0n) is 39.2. The lowest BCUT2D eigenvalue weighted by Gasteiger charge is -2.35. The number of furan rings is 1. The Morgan fingerprint density at radius 1 is 0.333 bits per heavy atom. The van der Waals surface area contributed by atoms with Crippen LogP contribution >= 0.6 is 0 Å². The molecule has 1 heterocycles. The Balaban J connectivity index is 1.03. The van der Waals surface area contributed by atoms with Crippen molar-refractivity contribution < 1.29 is 4.42 Å². The number of rotatable bonds is 6. The van der Waals surface area contributed by atoms with Gasteiger partial charge in [0, 0.05) is 44.2 Å². The summed E-state index contributed by atoms with van der Waals surface area (Å²) < 4.78 is 6.72. The van der Waals surface area contributed by atoms with Crippen LogP contribution in [0.3, 0.4) is 0 Å². The van der Waals surface area contributed by atoms with Crippen molar-refractivity contribution >= 4 is 39.0 Å². The highest BCUT2D eigenvalue weighted by atomic mass is 16.3. The molecule has 69 heavy (non-hydrogen) atoms. The van der Waals surface area contributed by atoms with Gasteiger partial charge < -0.3 is 9.32 Å². The monoisotopic (exact) mass is 883 g/mol. The minimum Gasteiger partial charge on any atom is -0.456 e. The topological polar surface area (TPSA) is 16.4 Å². The van der Waals surface area contributed by atoms with Crippen molar-refractivity contribution in [3.63, 3.8) is 0 Å². The average Bonchev–Trinajstić information content (AvgIpc) is 4.06. The quantitative estimate of drug-likeness (QED) is 0.165. The van der Waals surface area contributed by atoms with Crippen LogP contribution in [0, 0.1) is 0 Å². The summed E-state index contributed by atoms with van der Waals surface area (Å²) in [4.78, 5) is 2.53. The van der Waals surface area contributed by atoms with E-state index in [1.807, 2.05) is 0 Å². The van der Waals surface area contributed by atoms with Gasteiger partial charge in [0.2, 0.25) is 0 Å². The fourth-order valence-corrected chi connectivity index (χ4v) is 13.0. The normalized spacial score (nSPS) is 15.0. The lowest BCUT2D eigenvalue weighted by molar-refractivity contribution is 0.647. The predicted molar refractivity (Wildman–Crippen MR) is 286 cm³/mol. The van der Waals surface area contributed by atoms with E-state index in [4.69, 9.17) is 4.42 Å². The molecule has 0 atom stereocenters. The van der Waals surface area contributed by atoms with Gasteiger partial charge in [-0.05, 0) is 132 Å². The van der Waals surface area contributed by atoms with E-state index in [0.717, 1.165) is 33.6 Å². The second kappa shape index (κ2) is 14.4. The Kier molecular flexibility index (Phi) is 8.33. The first kappa shape index (κ1) is 39.9. The van der Waals surface area contributed by atoms with E-state index in [1.165, 1.54) is 94.4 Å². The molecule has 0 saturated heterocycles. The molecular formula is C67H49NO. The van der Waals surface area contributed by atoms with Gasteiger partial charge in [-0.1, -0.05) is 204 Å². The van der Waals surface area contributed by atoms with Crippen LogP contribution in [-0.2, 0) is 16.2 Å². The Bertz CT molecular complexity index is 3850. The molecule has 2 heteroatoms. The van der Waals surface area contributed by atoms with Gasteiger partial charge in [0.25, 0.3) is 0 Å². The second-order valence-corrected chi connectivity index (χ2v) is 20.4. The number of nitrogens with zero attached hydrogens (tertiary/aromatic N) is 1. The second-order valence-electron chi connectivity index (χ2n) is 20.4. The highest BCUT2D eigenvalue weighted by Crippen LogP contribution is 2.60. The minimum atomic E-state index is -0.534. The number of fused-ring (bicyclic) bond motifs is 12. The van der Waals surface area contributed by atoms with Gasteiger partial charge in [0.1, 0.15) is 11.2 Å². The molecule has 14 rings (SSSR count). The highest BCUT2D eigenvalue weighted by molar-refractivity contribution is 6.17. The number of benzene rings is 10. The van der Waals surface area contributed by atoms with Crippen LogP contribution in [0.5, 0.6) is 0 Å². The van der Waals surface area contributed by atoms with E-state index in [2.05, 4.69) is 257 Å². The Labute approximate surface area is 403 Å². The summed E-state index contributed by atoms with van der Waals surface area (Å²) in [6.07, 6.45) is 0. The van der Waals surface area contributed by atoms with E-state index >= 15 is 0 Å². The van der Waals surface area contributed by atoms with Crippen molar-refractivity contribution in [2.24, 2.45) is 0 Å². The van der Waals surface area contributed by atoms with Crippen molar-refractivity contribution in [1.82, 2.24) is 0 Å². The van der Waals surface area contributed by atoms with Gasteiger partial charge in [-0.2, -0.15) is 0 Å². The van der Waals surface area contributed by atoms with Crippen molar-refractivity contribution in [2.75, 3.05) is 4.90 Å². The number of anilines is 3. The molecule has 0 spiro atoms. The van der Waals surface area contributed by atoms with E-state index in [9.17, 15) is 0 Å². The predicted octanol–water partition coefficient (Wildman–Crippen LogP) is 17.7. The van der Waals surface area contributed by atoms with Gasteiger partial charge in [-0.25, -0.2) is 0 Å². The first-order chi connectivity index (χ1) is 33.7. The Morgan fingerprint density at radius 3 is 1.45 bits per heavy atom. The maximum atomic E-state index is 6.72. The molecule has 1 aromatic heterocycles. The summed E-state index contributed by atoms with van der Waals surface area (Å²) >= 11 is 0. The third-order valence-corrected chi connectivity index (χ3v) is 16.1. The molecule has 3 aliphatic carbocycles. The maximum Gasteiger partial charge on any atom is 0.136 e. The number of para-hydroxylation sites is 1. The van der Waals surface area contributed by atoms with Gasteiger partial charge in [-0.15, -0.1) is 0 Å². The maximum absolute atomic E-state index is 6.72. The zero-order chi connectivity index (χ0) is 46.2. The summed E-state index contributed by atoms with van der Waals surface area (Å²) in [5.41, 5.74) is 24.8. The van der Waals surface area contributed by atoms with Crippen LogP contribution in [0.2, 0.25) is 0 Å². The van der Waals surface area contributed by atoms with E-state index in [0.29, 0.717) is 0 Å². The molecule has 0 amide bonds. The summed E-state index contributed by atoms with van der Waals surface area (Å²) in [7, 11) is 0. The van der Waals surface area contributed by atoms with Gasteiger partial charge in [0.15, 0.2) is 0 Å². The van der Waals surface area contributed by atoms with Crippen molar-refractivity contribution in [3.05, 3.63) is 269 Å². The van der Waals surface area contributed by atoms with Gasteiger partial charge in [-0.3, -0.25) is 0 Å². The van der Waals surface area contributed by atoms with Gasteiger partial charge in [0.05, 0.1) is 5.41 Å². The van der Waals surface area contributed by atoms with E-state index in [-0.39, 0.29) is 10.8 Å². The van der Waals surface area contributed by atoms with E-state index < -0.39 is 5.41 Å². The summed E-state index contributed by atoms with van der Waals surface area (Å²) in [6.45, 7) is 9.55. The molecule has 0 bridgehead atoms. The zero-order valence-corrected chi connectivity index (χ0v) is 39.2. The molecule has 11 aromatic rings. The molecule has 0 radical (unpaired) electrons. The summed E-state index contributed by atoms with van der Waals surface area (Å²) in [5, 5.41) is 2.32. The Morgan fingerprint density at radius 2 is 0.797 bits per heavy atom. The van der Waals surface area contributed by atoms with Crippen LogP contribution in [0.25, 0.3) is 66.4 Å². The molecule has 328 valence electrons. The van der Waals surface area contributed by atoms with Crippen LogP contribution in [0.4, 0.5) is 17.1 Å². The average molecular weight is 884 g/mol. The Hall–Kier alpha value is -8.20. The molecule has 0 N–H and O–H groups in total. The van der Waals surface area contributed by atoms with Crippen LogP contribution in [0.1, 0.15) is 72.2 Å². The molecule has 0 fully saturated rings. The highest BCUT2D eigenvalue weighted by Gasteiger charge is 2.47.